The van der Waals surface area contributed by atoms with E-state index in [1.54, 1.807) is 16.7 Å². The zero-order chi connectivity index (χ0) is 9.00. The van der Waals surface area contributed by atoms with Crippen LogP contribution in [0.5, 0.6) is 0 Å². The van der Waals surface area contributed by atoms with Gasteiger partial charge < -0.3 is 0 Å². The molecule has 0 spiro atoms. The summed E-state index contributed by atoms with van der Waals surface area (Å²) in [5, 5.41) is 0. The first kappa shape index (κ1) is 7.61. The first-order valence-electron chi connectivity index (χ1n) is 5.37. The zero-order valence-electron chi connectivity index (χ0n) is 8.43. The van der Waals surface area contributed by atoms with Crippen LogP contribution in [0.3, 0.4) is 0 Å². The van der Waals surface area contributed by atoms with Crippen molar-refractivity contribution in [2.75, 3.05) is 0 Å². The second-order valence-electron chi connectivity index (χ2n) is 4.79. The molecule has 0 radical (unpaired) electrons. The quantitative estimate of drug-likeness (QED) is 0.560. The maximum atomic E-state index is 2.42. The van der Waals surface area contributed by atoms with Crippen molar-refractivity contribution in [2.45, 2.75) is 44.9 Å². The van der Waals surface area contributed by atoms with Gasteiger partial charge >= 0.3 is 0 Å². The van der Waals surface area contributed by atoms with Crippen LogP contribution in [-0.4, -0.2) is 0 Å². The van der Waals surface area contributed by atoms with E-state index < -0.39 is 0 Å². The molecule has 3 rings (SSSR count). The fourth-order valence-electron chi connectivity index (χ4n) is 3.43. The molecule has 0 aromatic heterocycles. The summed E-state index contributed by atoms with van der Waals surface area (Å²) in [4.78, 5) is 0. The lowest BCUT2D eigenvalue weighted by atomic mass is 9.87. The van der Waals surface area contributed by atoms with E-state index in [2.05, 4.69) is 26.0 Å². The molecule has 13 heavy (non-hydrogen) atoms. The Balaban J connectivity index is 2.26. The molecule has 2 aliphatic carbocycles. The van der Waals surface area contributed by atoms with Gasteiger partial charge in [0.05, 0.1) is 0 Å². The second-order valence-corrected chi connectivity index (χ2v) is 4.79. The molecule has 2 atom stereocenters. The van der Waals surface area contributed by atoms with Crippen molar-refractivity contribution in [3.05, 3.63) is 34.4 Å². The minimum atomic E-state index is 0.915. The minimum Gasteiger partial charge on any atom is -0.0561 e. The predicted molar refractivity (Wildman–Crippen MR) is 55.2 cm³/mol. The Morgan fingerprint density at radius 3 is 2.69 bits per heavy atom. The number of hydrogen-bond acceptors (Lipinski definition) is 0. The molecular formula is C13H16. The molecule has 0 amide bonds. The summed E-state index contributed by atoms with van der Waals surface area (Å²) >= 11 is 0. The molecule has 1 saturated carbocycles. The number of fused-ring (bicyclic) bond motifs is 5. The van der Waals surface area contributed by atoms with Gasteiger partial charge in [0.25, 0.3) is 0 Å². The summed E-state index contributed by atoms with van der Waals surface area (Å²) in [7, 11) is 0. The molecule has 0 nitrogen and oxygen atoms in total. The van der Waals surface area contributed by atoms with Gasteiger partial charge in [0.1, 0.15) is 0 Å². The van der Waals surface area contributed by atoms with Crippen LogP contribution in [0, 0.1) is 13.8 Å². The van der Waals surface area contributed by atoms with Crippen molar-refractivity contribution < 1.29 is 0 Å². The van der Waals surface area contributed by atoms with Crippen LogP contribution >= 0.6 is 0 Å². The highest BCUT2D eigenvalue weighted by atomic mass is 14.4. The smallest absolute Gasteiger partial charge is 0.0150 e. The fraction of sp³-hybridized carbons (Fsp3) is 0.538. The van der Waals surface area contributed by atoms with E-state index in [4.69, 9.17) is 0 Å². The van der Waals surface area contributed by atoms with Gasteiger partial charge in [0, 0.05) is 0 Å². The Kier molecular flexibility index (Phi) is 1.39. The normalized spacial score (nSPS) is 29.4. The standard InChI is InChI=1S/C13H16/c1-8-5-9(2)13-11-4-3-10(7-11)12(13)6-8/h5-6,10-11H,3-4,7H2,1-2H3/t10-,11+/m1/s1. The Labute approximate surface area is 80.0 Å². The van der Waals surface area contributed by atoms with Gasteiger partial charge in [0.2, 0.25) is 0 Å². The maximum absolute atomic E-state index is 2.42. The van der Waals surface area contributed by atoms with E-state index in [0.717, 1.165) is 11.8 Å². The highest BCUT2D eigenvalue weighted by Crippen LogP contribution is 2.54. The van der Waals surface area contributed by atoms with Crippen LogP contribution in [0.25, 0.3) is 0 Å². The molecule has 2 bridgehead atoms. The van der Waals surface area contributed by atoms with Crippen molar-refractivity contribution in [3.63, 3.8) is 0 Å². The Morgan fingerprint density at radius 2 is 1.85 bits per heavy atom. The molecule has 0 saturated heterocycles. The van der Waals surface area contributed by atoms with Crippen molar-refractivity contribution >= 4 is 0 Å². The summed E-state index contributed by atoms with van der Waals surface area (Å²) in [6, 6.07) is 4.77. The number of hydrogen-bond donors (Lipinski definition) is 0. The van der Waals surface area contributed by atoms with E-state index >= 15 is 0 Å². The molecular weight excluding hydrogens is 156 g/mol. The van der Waals surface area contributed by atoms with E-state index in [1.807, 2.05) is 0 Å². The van der Waals surface area contributed by atoms with Gasteiger partial charge in [-0.2, -0.15) is 0 Å². The van der Waals surface area contributed by atoms with Gasteiger partial charge in [-0.25, -0.2) is 0 Å². The van der Waals surface area contributed by atoms with Crippen LogP contribution in [0.15, 0.2) is 12.1 Å². The highest BCUT2D eigenvalue weighted by molar-refractivity contribution is 5.48. The molecule has 0 aliphatic heterocycles. The first-order valence-corrected chi connectivity index (χ1v) is 5.37. The lowest BCUT2D eigenvalue weighted by Gasteiger charge is -2.18. The SMILES string of the molecule is Cc1cc(C)c2c(c1)[C@@H]1CC[C@H]2C1. The molecule has 1 fully saturated rings. The lowest BCUT2D eigenvalue weighted by molar-refractivity contribution is 0.713. The second kappa shape index (κ2) is 2.37. The van der Waals surface area contributed by atoms with E-state index in [9.17, 15) is 0 Å². The summed E-state index contributed by atoms with van der Waals surface area (Å²) in [5.41, 5.74) is 6.39. The van der Waals surface area contributed by atoms with Gasteiger partial charge in [-0.05, 0) is 61.6 Å². The summed E-state index contributed by atoms with van der Waals surface area (Å²) in [5.74, 6) is 1.83. The molecule has 0 N–H and O–H groups in total. The monoisotopic (exact) mass is 172 g/mol. The Morgan fingerprint density at radius 1 is 1.08 bits per heavy atom. The zero-order valence-corrected chi connectivity index (χ0v) is 8.43. The molecule has 2 aliphatic rings. The lowest BCUT2D eigenvalue weighted by Crippen LogP contribution is -2.00. The topological polar surface area (TPSA) is 0 Å². The number of rotatable bonds is 0. The van der Waals surface area contributed by atoms with Crippen molar-refractivity contribution in [1.29, 1.82) is 0 Å². The Bertz CT molecular complexity index is 363. The minimum absolute atomic E-state index is 0.915. The van der Waals surface area contributed by atoms with Gasteiger partial charge in [-0.3, -0.25) is 0 Å². The largest absolute Gasteiger partial charge is 0.0561 e. The summed E-state index contributed by atoms with van der Waals surface area (Å²) in [6.07, 6.45) is 4.34. The number of aryl methyl sites for hydroxylation is 2. The van der Waals surface area contributed by atoms with E-state index in [0.29, 0.717) is 0 Å². The molecule has 1 aromatic carbocycles. The molecule has 0 heteroatoms. The summed E-state index contributed by atoms with van der Waals surface area (Å²) in [6.45, 7) is 4.51. The van der Waals surface area contributed by atoms with Crippen LogP contribution in [-0.2, 0) is 0 Å². The van der Waals surface area contributed by atoms with Crippen LogP contribution in [0.2, 0.25) is 0 Å². The average Bonchev–Trinajstić information content (AvgIpc) is 2.62. The van der Waals surface area contributed by atoms with Crippen LogP contribution in [0.4, 0.5) is 0 Å². The van der Waals surface area contributed by atoms with E-state index in [1.165, 1.54) is 24.8 Å². The fourth-order valence-corrected chi connectivity index (χ4v) is 3.43. The van der Waals surface area contributed by atoms with Crippen molar-refractivity contribution in [1.82, 2.24) is 0 Å². The van der Waals surface area contributed by atoms with Crippen molar-refractivity contribution in [2.24, 2.45) is 0 Å². The average molecular weight is 172 g/mol. The third-order valence-electron chi connectivity index (χ3n) is 3.84. The first-order chi connectivity index (χ1) is 6.25. The number of benzene rings is 1. The third kappa shape index (κ3) is 0.919. The van der Waals surface area contributed by atoms with Gasteiger partial charge in [0.15, 0.2) is 0 Å². The Hall–Kier alpha value is -0.780. The van der Waals surface area contributed by atoms with Crippen LogP contribution in [0.1, 0.15) is 53.4 Å². The molecule has 68 valence electrons. The highest BCUT2D eigenvalue weighted by Gasteiger charge is 2.37. The van der Waals surface area contributed by atoms with E-state index in [-0.39, 0.29) is 0 Å². The maximum Gasteiger partial charge on any atom is -0.0150 e. The predicted octanol–water partition coefficient (Wildman–Crippen LogP) is 3.67. The molecule has 0 unspecified atom stereocenters. The van der Waals surface area contributed by atoms with Gasteiger partial charge in [-0.15, -0.1) is 0 Å². The third-order valence-corrected chi connectivity index (χ3v) is 3.84. The summed E-state index contributed by atoms with van der Waals surface area (Å²) < 4.78 is 0. The van der Waals surface area contributed by atoms with Crippen LogP contribution < -0.4 is 0 Å². The molecule has 1 aromatic rings. The van der Waals surface area contributed by atoms with Gasteiger partial charge in [-0.1, -0.05) is 17.7 Å². The molecule has 0 heterocycles. The van der Waals surface area contributed by atoms with Crippen molar-refractivity contribution in [3.8, 4) is 0 Å².